The van der Waals surface area contributed by atoms with Crippen LogP contribution in [0.4, 0.5) is 18.9 Å². The smallest absolute Gasteiger partial charge is 0.255 e. The summed E-state index contributed by atoms with van der Waals surface area (Å²) in [7, 11) is -7.44. The molecule has 0 radical (unpaired) electrons. The lowest BCUT2D eigenvalue weighted by Gasteiger charge is -2.35. The molecule has 1 amide bonds. The lowest BCUT2D eigenvalue weighted by atomic mass is 9.85. The molecule has 2 saturated carbocycles. The van der Waals surface area contributed by atoms with Crippen LogP contribution in [0.3, 0.4) is 0 Å². The number of anilines is 1. The predicted molar refractivity (Wildman–Crippen MR) is 124 cm³/mol. The number of hydrogen-bond acceptors (Lipinski definition) is 5. The minimum absolute atomic E-state index is 0.0868. The summed E-state index contributed by atoms with van der Waals surface area (Å²) >= 11 is 6.21. The van der Waals surface area contributed by atoms with Crippen molar-refractivity contribution < 1.29 is 34.8 Å². The average molecular weight is 551 g/mol. The number of benzene rings is 2. The summed E-state index contributed by atoms with van der Waals surface area (Å²) in [5, 5.41) is 1.35. The van der Waals surface area contributed by atoms with Crippen molar-refractivity contribution in [3.8, 4) is 0 Å². The zero-order chi connectivity index (χ0) is 25.7. The third-order valence-corrected chi connectivity index (χ3v) is 10.1. The highest BCUT2D eigenvalue weighted by molar-refractivity contribution is 7.92. The van der Waals surface area contributed by atoms with Crippen molar-refractivity contribution in [3.63, 3.8) is 0 Å². The second-order valence-electron chi connectivity index (χ2n) is 9.02. The SMILES string of the molecule is CS(=O)(=O)NC1CC2CC[C@@H](C1)C2S(=O)(=O)c1cc(C(=O)Nc2cc(F)c(F)c(F)c2)ccc1Cl. The van der Waals surface area contributed by atoms with Crippen LogP contribution in [0.2, 0.25) is 5.02 Å². The summed E-state index contributed by atoms with van der Waals surface area (Å²) < 4.78 is 93.2. The molecule has 190 valence electrons. The number of sulfone groups is 1. The molecule has 0 heterocycles. The number of carbonyl (C=O) groups is 1. The minimum atomic E-state index is -4.00. The standard InChI is InChI=1S/C22H22ClF3N2O5S2/c1-34(30,31)28-15-6-11-2-3-12(7-15)21(11)35(32,33)19-8-13(4-5-16(19)23)22(29)27-14-9-17(24)20(26)18(25)10-14/h4-5,8-12,15,21,28H,2-3,6-7H2,1H3,(H,27,29)/t11-,12?,15?,21?/m0/s1. The van der Waals surface area contributed by atoms with Gasteiger partial charge in [-0.1, -0.05) is 11.6 Å². The maximum absolute atomic E-state index is 13.6. The molecule has 2 N–H and O–H groups in total. The molecule has 3 unspecified atom stereocenters. The highest BCUT2D eigenvalue weighted by atomic mass is 35.5. The van der Waals surface area contributed by atoms with Gasteiger partial charge in [0.05, 0.1) is 21.4 Å². The zero-order valence-electron chi connectivity index (χ0n) is 18.4. The third-order valence-electron chi connectivity index (χ3n) is 6.49. The highest BCUT2D eigenvalue weighted by Gasteiger charge is 2.50. The molecular weight excluding hydrogens is 529 g/mol. The van der Waals surface area contributed by atoms with E-state index in [2.05, 4.69) is 10.0 Å². The molecule has 2 bridgehead atoms. The summed E-state index contributed by atoms with van der Waals surface area (Å²) in [6.07, 6.45) is 3.04. The largest absolute Gasteiger partial charge is 0.322 e. The summed E-state index contributed by atoms with van der Waals surface area (Å²) in [5.41, 5.74) is -0.474. The van der Waals surface area contributed by atoms with Gasteiger partial charge in [0.25, 0.3) is 5.91 Å². The zero-order valence-corrected chi connectivity index (χ0v) is 20.8. The van der Waals surface area contributed by atoms with Crippen LogP contribution in [0.5, 0.6) is 0 Å². The number of rotatable bonds is 6. The minimum Gasteiger partial charge on any atom is -0.322 e. The normalized spacial score (nSPS) is 24.4. The number of nitrogens with one attached hydrogen (secondary N) is 2. The van der Waals surface area contributed by atoms with Crippen LogP contribution in [0, 0.1) is 29.3 Å². The molecule has 35 heavy (non-hydrogen) atoms. The van der Waals surface area contributed by atoms with Gasteiger partial charge in [-0.05, 0) is 55.7 Å². The van der Waals surface area contributed by atoms with Crippen molar-refractivity contribution in [2.45, 2.75) is 41.9 Å². The average Bonchev–Trinajstić information content (AvgIpc) is 3.03. The Hall–Kier alpha value is -2.15. The fraction of sp³-hybridized carbons (Fsp3) is 0.409. The van der Waals surface area contributed by atoms with E-state index in [4.69, 9.17) is 11.6 Å². The topological polar surface area (TPSA) is 109 Å². The summed E-state index contributed by atoms with van der Waals surface area (Å²) in [6.45, 7) is 0. The second-order valence-corrected chi connectivity index (χ2v) is 13.3. The number of hydrogen-bond donors (Lipinski definition) is 2. The van der Waals surface area contributed by atoms with Gasteiger partial charge in [-0.15, -0.1) is 0 Å². The first-order valence-corrected chi connectivity index (χ1v) is 14.5. The molecular formula is C22H22ClF3N2O5S2. The molecule has 2 fully saturated rings. The molecule has 0 spiro atoms. The van der Waals surface area contributed by atoms with Crippen molar-refractivity contribution in [2.24, 2.45) is 11.8 Å². The lowest BCUT2D eigenvalue weighted by molar-refractivity contribution is 0.102. The summed E-state index contributed by atoms with van der Waals surface area (Å²) in [5.74, 6) is -6.09. The molecule has 7 nitrogen and oxygen atoms in total. The van der Waals surface area contributed by atoms with E-state index in [1.165, 1.54) is 12.1 Å². The van der Waals surface area contributed by atoms with Crippen LogP contribution in [0.15, 0.2) is 35.2 Å². The fourth-order valence-electron chi connectivity index (χ4n) is 5.22. The molecule has 2 aliphatic rings. The second kappa shape index (κ2) is 9.38. The van der Waals surface area contributed by atoms with Gasteiger partial charge >= 0.3 is 0 Å². The Morgan fingerprint density at radius 3 is 2.09 bits per heavy atom. The molecule has 0 aliphatic heterocycles. The molecule has 0 aromatic heterocycles. The van der Waals surface area contributed by atoms with Gasteiger partial charge in [0, 0.05) is 29.4 Å². The number of fused-ring (bicyclic) bond motifs is 2. The van der Waals surface area contributed by atoms with Crippen LogP contribution >= 0.6 is 11.6 Å². The van der Waals surface area contributed by atoms with Gasteiger partial charge in [-0.3, -0.25) is 4.79 Å². The Morgan fingerprint density at radius 1 is 0.971 bits per heavy atom. The Morgan fingerprint density at radius 2 is 1.54 bits per heavy atom. The third kappa shape index (κ3) is 5.35. The van der Waals surface area contributed by atoms with Gasteiger partial charge in [-0.2, -0.15) is 0 Å². The van der Waals surface area contributed by atoms with Gasteiger partial charge in [0.2, 0.25) is 10.0 Å². The van der Waals surface area contributed by atoms with Crippen molar-refractivity contribution in [1.82, 2.24) is 4.72 Å². The Kier molecular flexibility index (Phi) is 6.95. The Labute approximate surface area is 206 Å². The summed E-state index contributed by atoms with van der Waals surface area (Å²) in [6, 6.07) is 4.46. The Bertz CT molecular complexity index is 1360. The van der Waals surface area contributed by atoms with Crippen LogP contribution in [0.1, 0.15) is 36.0 Å². The first kappa shape index (κ1) is 25.9. The van der Waals surface area contributed by atoms with Gasteiger partial charge in [0.1, 0.15) is 0 Å². The van der Waals surface area contributed by atoms with Crippen LogP contribution < -0.4 is 10.0 Å². The van der Waals surface area contributed by atoms with Crippen molar-refractivity contribution in [1.29, 1.82) is 0 Å². The van der Waals surface area contributed by atoms with E-state index in [0.717, 1.165) is 12.3 Å². The molecule has 4 atom stereocenters. The first-order chi connectivity index (χ1) is 16.3. The van der Waals surface area contributed by atoms with Crippen molar-refractivity contribution in [3.05, 3.63) is 58.4 Å². The highest BCUT2D eigenvalue weighted by Crippen LogP contribution is 2.48. The number of sulfonamides is 1. The van der Waals surface area contributed by atoms with Gasteiger partial charge in [0.15, 0.2) is 27.3 Å². The van der Waals surface area contributed by atoms with Crippen molar-refractivity contribution >= 4 is 43.1 Å². The molecule has 4 rings (SSSR count). The predicted octanol–water partition coefficient (Wildman–Crippen LogP) is 3.89. The Balaban J connectivity index is 1.59. The van der Waals surface area contributed by atoms with E-state index in [1.807, 2.05) is 0 Å². The molecule has 2 aliphatic carbocycles. The van der Waals surface area contributed by atoms with Gasteiger partial charge < -0.3 is 5.32 Å². The molecule has 2 aromatic rings. The molecule has 0 saturated heterocycles. The van der Waals surface area contributed by atoms with E-state index in [1.54, 1.807) is 0 Å². The van der Waals surface area contributed by atoms with Crippen LogP contribution in [-0.2, 0) is 19.9 Å². The lowest BCUT2D eigenvalue weighted by Crippen LogP contribution is -2.45. The number of halogens is 4. The molecule has 13 heteroatoms. The molecule has 2 aromatic carbocycles. The quantitative estimate of drug-likeness (QED) is 0.530. The number of amides is 1. The monoisotopic (exact) mass is 550 g/mol. The van der Waals surface area contributed by atoms with E-state index in [9.17, 15) is 34.8 Å². The van der Waals surface area contributed by atoms with E-state index >= 15 is 0 Å². The summed E-state index contributed by atoms with van der Waals surface area (Å²) in [4.78, 5) is 12.4. The van der Waals surface area contributed by atoms with Crippen molar-refractivity contribution in [2.75, 3.05) is 11.6 Å². The maximum Gasteiger partial charge on any atom is 0.255 e. The van der Waals surface area contributed by atoms with Crippen LogP contribution in [-0.4, -0.2) is 40.3 Å². The van der Waals surface area contributed by atoms with Gasteiger partial charge in [-0.25, -0.2) is 34.7 Å². The number of carbonyl (C=O) groups excluding carboxylic acids is 1. The van der Waals surface area contributed by atoms with E-state index < -0.39 is 48.5 Å². The van der Waals surface area contributed by atoms with E-state index in [-0.39, 0.29) is 39.0 Å². The first-order valence-electron chi connectivity index (χ1n) is 10.7. The van der Waals surface area contributed by atoms with E-state index in [0.29, 0.717) is 37.8 Å². The van der Waals surface area contributed by atoms with Crippen LogP contribution in [0.25, 0.3) is 0 Å². The fourth-order valence-corrected chi connectivity index (χ4v) is 8.89. The maximum atomic E-state index is 13.6.